The Kier molecular flexibility index (Phi) is 6.07. The Bertz CT molecular complexity index is 711. The molecule has 2 rings (SSSR count). The summed E-state index contributed by atoms with van der Waals surface area (Å²) in [6.45, 7) is 6.23. The highest BCUT2D eigenvalue weighted by Crippen LogP contribution is 2.07. The summed E-state index contributed by atoms with van der Waals surface area (Å²) in [5, 5.41) is 5.78. The first-order valence-electron chi connectivity index (χ1n) is 8.10. The zero-order chi connectivity index (χ0) is 17.5. The molecule has 1 aromatic heterocycles. The molecular formula is C19H23N3O2. The van der Waals surface area contributed by atoms with E-state index >= 15 is 0 Å². The SMILES string of the molecule is CC[C@@H](C)NC(=O)c1cccc(CNC(=O)c2ccc(C)nc2)c1. The van der Waals surface area contributed by atoms with E-state index in [1.165, 1.54) is 0 Å². The Morgan fingerprint density at radius 1 is 1.12 bits per heavy atom. The summed E-state index contributed by atoms with van der Waals surface area (Å²) in [5.41, 5.74) is 2.86. The number of carbonyl (C=O) groups is 2. The van der Waals surface area contributed by atoms with Crippen molar-refractivity contribution in [2.24, 2.45) is 0 Å². The molecule has 24 heavy (non-hydrogen) atoms. The third-order valence-corrected chi connectivity index (χ3v) is 3.81. The number of carbonyl (C=O) groups excluding carboxylic acids is 2. The molecule has 0 bridgehead atoms. The van der Waals surface area contributed by atoms with Crippen LogP contribution in [-0.2, 0) is 6.54 Å². The van der Waals surface area contributed by atoms with Crippen LogP contribution in [0.1, 0.15) is 52.2 Å². The van der Waals surface area contributed by atoms with Gasteiger partial charge in [-0.3, -0.25) is 14.6 Å². The first kappa shape index (κ1) is 17.7. The maximum atomic E-state index is 12.2. The largest absolute Gasteiger partial charge is 0.350 e. The van der Waals surface area contributed by atoms with Crippen LogP contribution < -0.4 is 10.6 Å². The van der Waals surface area contributed by atoms with Crippen LogP contribution in [0.4, 0.5) is 0 Å². The van der Waals surface area contributed by atoms with Crippen molar-refractivity contribution in [2.45, 2.75) is 39.8 Å². The summed E-state index contributed by atoms with van der Waals surface area (Å²) in [6, 6.07) is 10.9. The second-order valence-corrected chi connectivity index (χ2v) is 5.85. The minimum atomic E-state index is -0.183. The Hall–Kier alpha value is -2.69. The number of hydrogen-bond acceptors (Lipinski definition) is 3. The summed E-state index contributed by atoms with van der Waals surface area (Å²) in [7, 11) is 0. The Labute approximate surface area is 142 Å². The Balaban J connectivity index is 1.98. The lowest BCUT2D eigenvalue weighted by Gasteiger charge is -2.12. The van der Waals surface area contributed by atoms with E-state index < -0.39 is 0 Å². The maximum absolute atomic E-state index is 12.2. The van der Waals surface area contributed by atoms with Gasteiger partial charge in [-0.15, -0.1) is 0 Å². The van der Waals surface area contributed by atoms with Gasteiger partial charge in [0, 0.05) is 30.0 Å². The molecule has 1 atom stereocenters. The van der Waals surface area contributed by atoms with E-state index in [9.17, 15) is 9.59 Å². The number of nitrogens with zero attached hydrogens (tertiary/aromatic N) is 1. The van der Waals surface area contributed by atoms with Gasteiger partial charge in [0.1, 0.15) is 0 Å². The zero-order valence-electron chi connectivity index (χ0n) is 14.3. The Morgan fingerprint density at radius 2 is 1.92 bits per heavy atom. The number of nitrogens with one attached hydrogen (secondary N) is 2. The molecule has 0 fully saturated rings. The first-order chi connectivity index (χ1) is 11.5. The van der Waals surface area contributed by atoms with E-state index in [2.05, 4.69) is 15.6 Å². The monoisotopic (exact) mass is 325 g/mol. The molecule has 0 aliphatic rings. The van der Waals surface area contributed by atoms with E-state index in [-0.39, 0.29) is 17.9 Å². The van der Waals surface area contributed by atoms with Crippen molar-refractivity contribution in [3.63, 3.8) is 0 Å². The second kappa shape index (κ2) is 8.24. The van der Waals surface area contributed by atoms with Crippen molar-refractivity contribution in [3.8, 4) is 0 Å². The molecule has 1 heterocycles. The van der Waals surface area contributed by atoms with Crippen LogP contribution in [-0.4, -0.2) is 22.8 Å². The Morgan fingerprint density at radius 3 is 2.58 bits per heavy atom. The fourth-order valence-electron chi connectivity index (χ4n) is 2.12. The lowest BCUT2D eigenvalue weighted by Crippen LogP contribution is -2.32. The van der Waals surface area contributed by atoms with Gasteiger partial charge in [0.2, 0.25) is 0 Å². The fraction of sp³-hybridized carbons (Fsp3) is 0.316. The van der Waals surface area contributed by atoms with Crippen LogP contribution in [0.25, 0.3) is 0 Å². The molecule has 0 spiro atoms. The highest BCUT2D eigenvalue weighted by Gasteiger charge is 2.10. The minimum absolute atomic E-state index is 0.0970. The van der Waals surface area contributed by atoms with E-state index in [1.807, 2.05) is 32.9 Å². The highest BCUT2D eigenvalue weighted by molar-refractivity contribution is 5.95. The average molecular weight is 325 g/mol. The third kappa shape index (κ3) is 4.91. The molecule has 126 valence electrons. The van der Waals surface area contributed by atoms with Gasteiger partial charge >= 0.3 is 0 Å². The van der Waals surface area contributed by atoms with E-state index in [0.29, 0.717) is 17.7 Å². The first-order valence-corrected chi connectivity index (χ1v) is 8.10. The summed E-state index contributed by atoms with van der Waals surface area (Å²) >= 11 is 0. The van der Waals surface area contributed by atoms with Crippen LogP contribution in [0.15, 0.2) is 42.6 Å². The zero-order valence-corrected chi connectivity index (χ0v) is 14.3. The van der Waals surface area contributed by atoms with Crippen LogP contribution >= 0.6 is 0 Å². The topological polar surface area (TPSA) is 71.1 Å². The van der Waals surface area contributed by atoms with Crippen molar-refractivity contribution >= 4 is 11.8 Å². The van der Waals surface area contributed by atoms with Gasteiger partial charge in [-0.25, -0.2) is 0 Å². The standard InChI is InChI=1S/C19H23N3O2/c1-4-13(2)22-19(24)16-7-5-6-15(10-16)11-21-18(23)17-9-8-14(3)20-12-17/h5-10,12-13H,4,11H2,1-3H3,(H,21,23)(H,22,24)/t13-/m1/s1. The molecule has 0 aliphatic heterocycles. The van der Waals surface area contributed by atoms with Gasteiger partial charge in [0.05, 0.1) is 5.56 Å². The molecule has 2 amide bonds. The number of aromatic nitrogens is 1. The molecule has 0 aliphatic carbocycles. The molecule has 2 N–H and O–H groups in total. The minimum Gasteiger partial charge on any atom is -0.350 e. The molecule has 5 heteroatoms. The fourth-order valence-corrected chi connectivity index (χ4v) is 2.12. The summed E-state index contributed by atoms with van der Waals surface area (Å²) in [6.07, 6.45) is 2.44. The van der Waals surface area contributed by atoms with Gasteiger partial charge in [-0.2, -0.15) is 0 Å². The van der Waals surface area contributed by atoms with Crippen molar-refractivity contribution in [1.82, 2.24) is 15.6 Å². The number of amides is 2. The third-order valence-electron chi connectivity index (χ3n) is 3.81. The van der Waals surface area contributed by atoms with Gasteiger partial charge < -0.3 is 10.6 Å². The number of pyridine rings is 1. The van der Waals surface area contributed by atoms with E-state index in [0.717, 1.165) is 17.7 Å². The molecule has 5 nitrogen and oxygen atoms in total. The van der Waals surface area contributed by atoms with Crippen molar-refractivity contribution < 1.29 is 9.59 Å². The van der Waals surface area contributed by atoms with E-state index in [4.69, 9.17) is 0 Å². The molecular weight excluding hydrogens is 302 g/mol. The van der Waals surface area contributed by atoms with Crippen LogP contribution in [0.5, 0.6) is 0 Å². The number of aryl methyl sites for hydroxylation is 1. The van der Waals surface area contributed by atoms with Crippen LogP contribution in [0, 0.1) is 6.92 Å². The van der Waals surface area contributed by atoms with Crippen molar-refractivity contribution in [2.75, 3.05) is 0 Å². The lowest BCUT2D eigenvalue weighted by atomic mass is 10.1. The lowest BCUT2D eigenvalue weighted by molar-refractivity contribution is 0.0936. The maximum Gasteiger partial charge on any atom is 0.253 e. The summed E-state index contributed by atoms with van der Waals surface area (Å²) < 4.78 is 0. The molecule has 2 aromatic rings. The molecule has 1 aromatic carbocycles. The predicted molar refractivity (Wildman–Crippen MR) is 93.8 cm³/mol. The van der Waals surface area contributed by atoms with Crippen LogP contribution in [0.2, 0.25) is 0 Å². The number of benzene rings is 1. The smallest absolute Gasteiger partial charge is 0.253 e. The highest BCUT2D eigenvalue weighted by atomic mass is 16.2. The number of rotatable bonds is 6. The van der Waals surface area contributed by atoms with Crippen molar-refractivity contribution in [3.05, 3.63) is 65.0 Å². The van der Waals surface area contributed by atoms with Gasteiger partial charge in [-0.05, 0) is 50.1 Å². The van der Waals surface area contributed by atoms with Gasteiger partial charge in [-0.1, -0.05) is 19.1 Å². The van der Waals surface area contributed by atoms with Crippen LogP contribution in [0.3, 0.4) is 0 Å². The average Bonchev–Trinajstić information content (AvgIpc) is 2.60. The molecule has 0 unspecified atom stereocenters. The normalized spacial score (nSPS) is 11.6. The quantitative estimate of drug-likeness (QED) is 0.858. The van der Waals surface area contributed by atoms with Gasteiger partial charge in [0.25, 0.3) is 11.8 Å². The van der Waals surface area contributed by atoms with Gasteiger partial charge in [0.15, 0.2) is 0 Å². The predicted octanol–water partition coefficient (Wildman–Crippen LogP) is 2.85. The molecule has 0 saturated heterocycles. The molecule has 0 saturated carbocycles. The number of hydrogen-bond donors (Lipinski definition) is 2. The van der Waals surface area contributed by atoms with Crippen molar-refractivity contribution in [1.29, 1.82) is 0 Å². The summed E-state index contributed by atoms with van der Waals surface area (Å²) in [4.78, 5) is 28.4. The molecule has 0 radical (unpaired) electrons. The second-order valence-electron chi connectivity index (χ2n) is 5.85. The van der Waals surface area contributed by atoms with E-state index in [1.54, 1.807) is 30.5 Å². The summed E-state index contributed by atoms with van der Waals surface area (Å²) in [5.74, 6) is -0.280.